The summed E-state index contributed by atoms with van der Waals surface area (Å²) in [6.07, 6.45) is 2.70. The molecule has 4 heteroatoms. The van der Waals surface area contributed by atoms with Gasteiger partial charge in [0.05, 0.1) is 0 Å². The molecule has 1 unspecified atom stereocenters. The van der Waals surface area contributed by atoms with Gasteiger partial charge in [-0.25, -0.2) is 0 Å². The van der Waals surface area contributed by atoms with Gasteiger partial charge in [-0.3, -0.25) is 4.90 Å². The fourth-order valence-corrected chi connectivity index (χ4v) is 3.49. The maximum atomic E-state index is 5.78. The van der Waals surface area contributed by atoms with Crippen LogP contribution in [0.3, 0.4) is 0 Å². The van der Waals surface area contributed by atoms with Gasteiger partial charge in [-0.1, -0.05) is 26.0 Å². The van der Waals surface area contributed by atoms with Crippen LogP contribution in [0.4, 0.5) is 0 Å². The molecule has 1 fully saturated rings. The third-order valence-corrected chi connectivity index (χ3v) is 4.70. The predicted octanol–water partition coefficient (Wildman–Crippen LogP) is 2.67. The Kier molecular flexibility index (Phi) is 5.21. The van der Waals surface area contributed by atoms with Crippen molar-refractivity contribution in [2.75, 3.05) is 32.8 Å². The van der Waals surface area contributed by atoms with Crippen LogP contribution in [0.25, 0.3) is 0 Å². The van der Waals surface area contributed by atoms with E-state index >= 15 is 0 Å². The molecule has 2 aliphatic heterocycles. The fourth-order valence-electron chi connectivity index (χ4n) is 3.49. The smallest absolute Gasteiger partial charge is 0.165 e. The van der Waals surface area contributed by atoms with E-state index < -0.39 is 0 Å². The normalized spacial score (nSPS) is 19.6. The van der Waals surface area contributed by atoms with Crippen molar-refractivity contribution >= 4 is 0 Å². The van der Waals surface area contributed by atoms with Gasteiger partial charge in [-0.05, 0) is 37.9 Å². The minimum atomic E-state index is 0.624. The van der Waals surface area contributed by atoms with E-state index in [0.717, 1.165) is 24.6 Å². The van der Waals surface area contributed by atoms with Crippen molar-refractivity contribution in [2.24, 2.45) is 5.92 Å². The first-order valence-corrected chi connectivity index (χ1v) is 8.58. The van der Waals surface area contributed by atoms with Crippen molar-refractivity contribution in [1.82, 2.24) is 10.2 Å². The minimum Gasteiger partial charge on any atom is -0.486 e. The molecule has 0 bridgehead atoms. The van der Waals surface area contributed by atoms with Crippen LogP contribution < -0.4 is 14.8 Å². The number of nitrogens with one attached hydrogen (secondary N) is 1. The number of likely N-dealkylation sites (tertiary alicyclic amines) is 1. The van der Waals surface area contributed by atoms with Crippen molar-refractivity contribution in [1.29, 1.82) is 0 Å². The van der Waals surface area contributed by atoms with Crippen LogP contribution >= 0.6 is 0 Å². The molecular formula is C18H28N2O2. The van der Waals surface area contributed by atoms with Crippen molar-refractivity contribution in [3.63, 3.8) is 0 Å². The second-order valence-corrected chi connectivity index (χ2v) is 6.63. The lowest BCUT2D eigenvalue weighted by Gasteiger charge is -2.31. The number of para-hydroxylation sites is 1. The summed E-state index contributed by atoms with van der Waals surface area (Å²) < 4.78 is 11.4. The van der Waals surface area contributed by atoms with Crippen LogP contribution in [0.5, 0.6) is 11.5 Å². The Balaban J connectivity index is 1.58. The molecule has 1 N–H and O–H groups in total. The summed E-state index contributed by atoms with van der Waals surface area (Å²) in [5.74, 6) is 2.48. The van der Waals surface area contributed by atoms with Crippen LogP contribution in [-0.2, 0) is 6.54 Å². The summed E-state index contributed by atoms with van der Waals surface area (Å²) in [4.78, 5) is 2.64. The van der Waals surface area contributed by atoms with Gasteiger partial charge in [0, 0.05) is 24.7 Å². The Morgan fingerprint density at radius 2 is 1.91 bits per heavy atom. The zero-order chi connectivity index (χ0) is 15.4. The van der Waals surface area contributed by atoms with Gasteiger partial charge in [-0.15, -0.1) is 0 Å². The highest BCUT2D eigenvalue weighted by Gasteiger charge is 2.24. The van der Waals surface area contributed by atoms with Crippen molar-refractivity contribution in [2.45, 2.75) is 39.3 Å². The second-order valence-electron chi connectivity index (χ2n) is 6.63. The highest BCUT2D eigenvalue weighted by Crippen LogP contribution is 2.33. The van der Waals surface area contributed by atoms with Crippen LogP contribution in [0, 0.1) is 5.92 Å². The molecule has 0 saturated carbocycles. The van der Waals surface area contributed by atoms with E-state index in [0.29, 0.717) is 25.2 Å². The number of fused-ring (bicyclic) bond motifs is 1. The first-order chi connectivity index (χ1) is 10.8. The van der Waals surface area contributed by atoms with Gasteiger partial charge >= 0.3 is 0 Å². The van der Waals surface area contributed by atoms with E-state index in [2.05, 4.69) is 30.1 Å². The van der Waals surface area contributed by atoms with Gasteiger partial charge in [0.2, 0.25) is 0 Å². The minimum absolute atomic E-state index is 0.624. The van der Waals surface area contributed by atoms with Gasteiger partial charge in [0.1, 0.15) is 13.2 Å². The molecule has 0 aromatic heterocycles. The third kappa shape index (κ3) is 3.55. The summed E-state index contributed by atoms with van der Waals surface area (Å²) in [6, 6.07) is 6.78. The number of ether oxygens (including phenoxy) is 2. The first-order valence-electron chi connectivity index (χ1n) is 8.58. The largest absolute Gasteiger partial charge is 0.486 e. The Labute approximate surface area is 133 Å². The first kappa shape index (κ1) is 15.6. The number of hydrogen-bond acceptors (Lipinski definition) is 4. The van der Waals surface area contributed by atoms with Gasteiger partial charge in [0.25, 0.3) is 0 Å². The lowest BCUT2D eigenvalue weighted by molar-refractivity contribution is 0.168. The second kappa shape index (κ2) is 7.34. The maximum absolute atomic E-state index is 5.78. The third-order valence-electron chi connectivity index (χ3n) is 4.70. The van der Waals surface area contributed by atoms with E-state index in [1.165, 1.54) is 31.5 Å². The summed E-state index contributed by atoms with van der Waals surface area (Å²) in [5, 5.41) is 3.63. The van der Waals surface area contributed by atoms with Crippen molar-refractivity contribution < 1.29 is 9.47 Å². The molecule has 0 spiro atoms. The molecule has 2 heterocycles. The summed E-state index contributed by atoms with van der Waals surface area (Å²) >= 11 is 0. The van der Waals surface area contributed by atoms with Gasteiger partial charge in [-0.2, -0.15) is 0 Å². The lowest BCUT2D eigenvalue weighted by atomic mass is 10.0. The summed E-state index contributed by atoms with van der Waals surface area (Å²) in [5.41, 5.74) is 1.20. The molecule has 0 radical (unpaired) electrons. The van der Waals surface area contributed by atoms with Gasteiger partial charge < -0.3 is 14.8 Å². The number of rotatable bonds is 6. The van der Waals surface area contributed by atoms with E-state index in [1.807, 2.05) is 12.1 Å². The molecule has 1 saturated heterocycles. The average molecular weight is 304 g/mol. The molecule has 4 nitrogen and oxygen atoms in total. The molecule has 1 aromatic rings. The van der Waals surface area contributed by atoms with E-state index in [9.17, 15) is 0 Å². The number of hydrogen-bond donors (Lipinski definition) is 1. The SMILES string of the molecule is CC(C)C(CNCc1cccc2c1OCCO2)N1CCCC1. The van der Waals surface area contributed by atoms with Crippen LogP contribution in [0.15, 0.2) is 18.2 Å². The number of benzene rings is 1. The van der Waals surface area contributed by atoms with E-state index in [-0.39, 0.29) is 0 Å². The zero-order valence-electron chi connectivity index (χ0n) is 13.8. The van der Waals surface area contributed by atoms with Crippen molar-refractivity contribution in [3.8, 4) is 11.5 Å². The molecule has 22 heavy (non-hydrogen) atoms. The van der Waals surface area contributed by atoms with E-state index in [4.69, 9.17) is 9.47 Å². The quantitative estimate of drug-likeness (QED) is 0.876. The molecule has 122 valence electrons. The standard InChI is InChI=1S/C18H28N2O2/c1-14(2)16(20-8-3-4-9-20)13-19-12-15-6-5-7-17-18(15)22-11-10-21-17/h5-7,14,16,19H,3-4,8-13H2,1-2H3. The number of nitrogens with zero attached hydrogens (tertiary/aromatic N) is 1. The zero-order valence-corrected chi connectivity index (χ0v) is 13.8. The van der Waals surface area contributed by atoms with Crippen LogP contribution in [-0.4, -0.2) is 43.8 Å². The molecule has 0 amide bonds. The molecule has 0 aliphatic carbocycles. The van der Waals surface area contributed by atoms with Crippen molar-refractivity contribution in [3.05, 3.63) is 23.8 Å². The van der Waals surface area contributed by atoms with Gasteiger partial charge in [0.15, 0.2) is 11.5 Å². The predicted molar refractivity (Wildman–Crippen MR) is 88.6 cm³/mol. The Hall–Kier alpha value is -1.26. The highest BCUT2D eigenvalue weighted by molar-refractivity contribution is 5.47. The van der Waals surface area contributed by atoms with E-state index in [1.54, 1.807) is 0 Å². The fraction of sp³-hybridized carbons (Fsp3) is 0.667. The Morgan fingerprint density at radius 3 is 2.68 bits per heavy atom. The highest BCUT2D eigenvalue weighted by atomic mass is 16.6. The molecule has 2 aliphatic rings. The maximum Gasteiger partial charge on any atom is 0.165 e. The Morgan fingerprint density at radius 1 is 1.14 bits per heavy atom. The lowest BCUT2D eigenvalue weighted by Crippen LogP contribution is -2.44. The van der Waals surface area contributed by atoms with Crippen LogP contribution in [0.2, 0.25) is 0 Å². The molecule has 1 atom stereocenters. The Bertz CT molecular complexity index is 484. The average Bonchev–Trinajstić information content (AvgIpc) is 3.05. The monoisotopic (exact) mass is 304 g/mol. The molecule has 3 rings (SSSR count). The van der Waals surface area contributed by atoms with Crippen LogP contribution in [0.1, 0.15) is 32.3 Å². The molecular weight excluding hydrogens is 276 g/mol. The topological polar surface area (TPSA) is 33.7 Å². The summed E-state index contributed by atoms with van der Waals surface area (Å²) in [7, 11) is 0. The summed E-state index contributed by atoms with van der Waals surface area (Å²) in [6.45, 7) is 10.3. The molecule has 1 aromatic carbocycles.